The second-order valence-electron chi connectivity index (χ2n) is 4.40. The van der Waals surface area contributed by atoms with Crippen LogP contribution in [0, 0.1) is 11.6 Å². The monoisotopic (exact) mass is 292 g/mol. The first-order valence-corrected chi connectivity index (χ1v) is 6.03. The number of halogens is 3. The SMILES string of the molecule is CCC(C)(CO)NC(=O)Nc1c(F)cc(Cl)cc1F. The Morgan fingerprint density at radius 2 is 1.95 bits per heavy atom. The first-order valence-electron chi connectivity index (χ1n) is 5.66. The maximum Gasteiger partial charge on any atom is 0.319 e. The summed E-state index contributed by atoms with van der Waals surface area (Å²) in [7, 11) is 0. The number of anilines is 1. The highest BCUT2D eigenvalue weighted by molar-refractivity contribution is 6.30. The third-order valence-corrected chi connectivity index (χ3v) is 3.01. The number of urea groups is 1. The largest absolute Gasteiger partial charge is 0.394 e. The lowest BCUT2D eigenvalue weighted by Crippen LogP contribution is -2.50. The van der Waals surface area contributed by atoms with Gasteiger partial charge in [0.1, 0.15) is 5.69 Å². The fourth-order valence-corrected chi connectivity index (χ4v) is 1.51. The summed E-state index contributed by atoms with van der Waals surface area (Å²) in [5.41, 5.74) is -1.44. The molecule has 0 radical (unpaired) electrons. The highest BCUT2D eigenvalue weighted by Crippen LogP contribution is 2.23. The van der Waals surface area contributed by atoms with Crippen molar-refractivity contribution in [3.05, 3.63) is 28.8 Å². The highest BCUT2D eigenvalue weighted by atomic mass is 35.5. The number of benzene rings is 1. The molecular formula is C12H15ClF2N2O2. The van der Waals surface area contributed by atoms with Crippen LogP contribution >= 0.6 is 11.6 Å². The van der Waals surface area contributed by atoms with E-state index in [1.165, 1.54) is 0 Å². The van der Waals surface area contributed by atoms with Crippen LogP contribution in [-0.4, -0.2) is 23.3 Å². The summed E-state index contributed by atoms with van der Waals surface area (Å²) in [5.74, 6) is -1.94. The van der Waals surface area contributed by atoms with Gasteiger partial charge in [-0.2, -0.15) is 0 Å². The third-order valence-electron chi connectivity index (χ3n) is 2.79. The van der Waals surface area contributed by atoms with E-state index in [9.17, 15) is 13.6 Å². The molecule has 19 heavy (non-hydrogen) atoms. The molecule has 0 bridgehead atoms. The molecule has 106 valence electrons. The van der Waals surface area contributed by atoms with E-state index in [0.29, 0.717) is 6.42 Å². The molecule has 1 aromatic rings. The lowest BCUT2D eigenvalue weighted by molar-refractivity contribution is 0.172. The van der Waals surface area contributed by atoms with Gasteiger partial charge in [0.15, 0.2) is 11.6 Å². The van der Waals surface area contributed by atoms with Crippen LogP contribution in [0.2, 0.25) is 5.02 Å². The molecule has 4 nitrogen and oxygen atoms in total. The summed E-state index contributed by atoms with van der Waals surface area (Å²) in [4.78, 5) is 11.6. The van der Waals surface area contributed by atoms with Gasteiger partial charge in [0, 0.05) is 5.02 Å². The summed E-state index contributed by atoms with van der Waals surface area (Å²) in [6.07, 6.45) is 0.461. The minimum absolute atomic E-state index is 0.102. The normalized spacial score (nSPS) is 13.8. The van der Waals surface area contributed by atoms with Gasteiger partial charge in [-0.3, -0.25) is 0 Å². The van der Waals surface area contributed by atoms with Gasteiger partial charge in [0.2, 0.25) is 0 Å². The van der Waals surface area contributed by atoms with E-state index in [-0.39, 0.29) is 11.6 Å². The quantitative estimate of drug-likeness (QED) is 0.799. The summed E-state index contributed by atoms with van der Waals surface area (Å²) in [6.45, 7) is 3.09. The van der Waals surface area contributed by atoms with Crippen LogP contribution < -0.4 is 10.6 Å². The van der Waals surface area contributed by atoms with E-state index in [4.69, 9.17) is 16.7 Å². The van der Waals surface area contributed by atoms with Crippen molar-refractivity contribution < 1.29 is 18.7 Å². The molecule has 0 fully saturated rings. The Hall–Kier alpha value is -1.40. The van der Waals surface area contributed by atoms with Gasteiger partial charge in [-0.15, -0.1) is 0 Å². The van der Waals surface area contributed by atoms with Crippen molar-refractivity contribution in [3.8, 4) is 0 Å². The zero-order valence-corrected chi connectivity index (χ0v) is 11.3. The van der Waals surface area contributed by atoms with Gasteiger partial charge in [-0.25, -0.2) is 13.6 Å². The second-order valence-corrected chi connectivity index (χ2v) is 4.83. The Balaban J connectivity index is 2.84. The average Bonchev–Trinajstić information content (AvgIpc) is 2.33. The van der Waals surface area contributed by atoms with Crippen LogP contribution in [0.1, 0.15) is 20.3 Å². The molecule has 0 aliphatic heterocycles. The first-order chi connectivity index (χ1) is 8.81. The third kappa shape index (κ3) is 4.04. The van der Waals surface area contributed by atoms with Crippen LogP contribution in [-0.2, 0) is 0 Å². The van der Waals surface area contributed by atoms with Crippen molar-refractivity contribution in [2.75, 3.05) is 11.9 Å². The van der Waals surface area contributed by atoms with E-state index < -0.39 is 28.9 Å². The Morgan fingerprint density at radius 1 is 1.42 bits per heavy atom. The zero-order chi connectivity index (χ0) is 14.6. The number of rotatable bonds is 4. The van der Waals surface area contributed by atoms with Crippen molar-refractivity contribution in [3.63, 3.8) is 0 Å². The van der Waals surface area contributed by atoms with Gasteiger partial charge < -0.3 is 15.7 Å². The van der Waals surface area contributed by atoms with Crippen LogP contribution in [0.5, 0.6) is 0 Å². The number of aliphatic hydroxyl groups excluding tert-OH is 1. The molecule has 0 aromatic heterocycles. The molecule has 0 heterocycles. The Morgan fingerprint density at radius 3 is 2.37 bits per heavy atom. The van der Waals surface area contributed by atoms with Gasteiger partial charge in [-0.1, -0.05) is 18.5 Å². The molecule has 2 amide bonds. The Kier molecular flexibility index (Phi) is 5.08. The van der Waals surface area contributed by atoms with Crippen LogP contribution in [0.15, 0.2) is 12.1 Å². The van der Waals surface area contributed by atoms with Crippen LogP contribution in [0.3, 0.4) is 0 Å². The molecule has 0 saturated carbocycles. The van der Waals surface area contributed by atoms with Crippen molar-refractivity contribution in [2.45, 2.75) is 25.8 Å². The van der Waals surface area contributed by atoms with Crippen LogP contribution in [0.4, 0.5) is 19.3 Å². The van der Waals surface area contributed by atoms with E-state index in [2.05, 4.69) is 10.6 Å². The number of amides is 2. The maximum absolute atomic E-state index is 13.5. The van der Waals surface area contributed by atoms with Crippen LogP contribution in [0.25, 0.3) is 0 Å². The maximum atomic E-state index is 13.5. The minimum Gasteiger partial charge on any atom is -0.394 e. The first kappa shape index (κ1) is 15.7. The molecule has 1 rings (SSSR count). The smallest absolute Gasteiger partial charge is 0.319 e. The molecular weight excluding hydrogens is 278 g/mol. The van der Waals surface area contributed by atoms with Gasteiger partial charge >= 0.3 is 6.03 Å². The van der Waals surface area contributed by atoms with E-state index in [1.807, 2.05) is 0 Å². The topological polar surface area (TPSA) is 61.4 Å². The predicted octanol–water partition coefficient (Wildman–Crippen LogP) is 2.90. The number of hydrogen-bond donors (Lipinski definition) is 3. The zero-order valence-electron chi connectivity index (χ0n) is 10.6. The molecule has 0 saturated heterocycles. The van der Waals surface area contributed by atoms with E-state index >= 15 is 0 Å². The average molecular weight is 293 g/mol. The van der Waals surface area contributed by atoms with Crippen molar-refractivity contribution >= 4 is 23.3 Å². The summed E-state index contributed by atoms with van der Waals surface area (Å²) in [6, 6.07) is 0.981. The predicted molar refractivity (Wildman–Crippen MR) is 69.3 cm³/mol. The standard InChI is InChI=1S/C12H15ClF2N2O2/c1-3-12(2,6-18)17-11(19)16-10-8(14)4-7(13)5-9(10)15/h4-5,18H,3,6H2,1-2H3,(H2,16,17,19). The molecule has 0 spiro atoms. The molecule has 1 aromatic carbocycles. The number of aliphatic hydroxyl groups is 1. The molecule has 0 aliphatic carbocycles. The lowest BCUT2D eigenvalue weighted by atomic mass is 10.0. The summed E-state index contributed by atoms with van der Waals surface area (Å²) in [5, 5.41) is 13.5. The molecule has 1 atom stereocenters. The Labute approximate surface area is 114 Å². The molecule has 0 aliphatic rings. The lowest BCUT2D eigenvalue weighted by Gasteiger charge is -2.27. The molecule has 3 N–H and O–H groups in total. The number of hydrogen-bond acceptors (Lipinski definition) is 2. The highest BCUT2D eigenvalue weighted by Gasteiger charge is 2.24. The van der Waals surface area contributed by atoms with Gasteiger partial charge in [-0.05, 0) is 25.5 Å². The molecule has 1 unspecified atom stereocenters. The molecule has 7 heteroatoms. The van der Waals surface area contributed by atoms with E-state index in [1.54, 1.807) is 13.8 Å². The minimum atomic E-state index is -0.970. The number of carbonyl (C=O) groups is 1. The van der Waals surface area contributed by atoms with Gasteiger partial charge in [0.05, 0.1) is 12.1 Å². The van der Waals surface area contributed by atoms with Gasteiger partial charge in [0.25, 0.3) is 0 Å². The van der Waals surface area contributed by atoms with Crippen molar-refractivity contribution in [2.24, 2.45) is 0 Å². The van der Waals surface area contributed by atoms with Crippen molar-refractivity contribution in [1.29, 1.82) is 0 Å². The second kappa shape index (κ2) is 6.16. The summed E-state index contributed by atoms with van der Waals surface area (Å²) < 4.78 is 26.9. The Bertz CT molecular complexity index is 456. The fraction of sp³-hybridized carbons (Fsp3) is 0.417. The number of nitrogens with one attached hydrogen (secondary N) is 2. The summed E-state index contributed by atoms with van der Waals surface area (Å²) >= 11 is 5.47. The number of carbonyl (C=O) groups excluding carboxylic acids is 1. The fourth-order valence-electron chi connectivity index (χ4n) is 1.32. The van der Waals surface area contributed by atoms with Crippen molar-refractivity contribution in [1.82, 2.24) is 5.32 Å². The van der Waals surface area contributed by atoms with E-state index in [0.717, 1.165) is 12.1 Å².